The molecule has 174 valence electrons. The van der Waals surface area contributed by atoms with Crippen LogP contribution in [0.1, 0.15) is 43.4 Å². The van der Waals surface area contributed by atoms with Crippen LogP contribution in [0.3, 0.4) is 0 Å². The number of fused-ring (bicyclic) bond motifs is 1. The third-order valence-electron chi connectivity index (χ3n) is 7.80. The maximum Gasteiger partial charge on any atom is 0.236 e. The van der Waals surface area contributed by atoms with Crippen molar-refractivity contribution in [2.24, 2.45) is 10.9 Å². The molecule has 1 aromatic rings. The fourth-order valence-electron chi connectivity index (χ4n) is 5.49. The topological polar surface area (TPSA) is 68.2 Å². The van der Waals surface area contributed by atoms with Crippen LogP contribution in [0, 0.1) is 5.92 Å². The molecule has 0 bridgehead atoms. The quantitative estimate of drug-likeness (QED) is 0.647. The monoisotopic (exact) mass is 439 g/mol. The summed E-state index contributed by atoms with van der Waals surface area (Å²) in [6.07, 6.45) is 11.3. The van der Waals surface area contributed by atoms with Crippen molar-refractivity contribution in [2.75, 3.05) is 64.3 Å². The minimum Gasteiger partial charge on any atom is -0.341 e. The number of amides is 1. The zero-order chi connectivity index (χ0) is 21.9. The molecule has 0 aromatic carbocycles. The van der Waals surface area contributed by atoms with Crippen molar-refractivity contribution in [2.45, 2.75) is 51.1 Å². The van der Waals surface area contributed by atoms with E-state index in [0.717, 1.165) is 89.3 Å². The first-order valence-electron chi connectivity index (χ1n) is 12.5. The van der Waals surface area contributed by atoms with Crippen molar-refractivity contribution in [1.29, 1.82) is 0 Å². The molecule has 8 heteroatoms. The lowest BCUT2D eigenvalue weighted by molar-refractivity contribution is -0.135. The molecule has 1 amide bonds. The van der Waals surface area contributed by atoms with Crippen LogP contribution >= 0.6 is 0 Å². The number of piperidine rings is 1. The number of rotatable bonds is 5. The number of hydrogen-bond acceptors (Lipinski definition) is 7. The molecule has 4 heterocycles. The van der Waals surface area contributed by atoms with Gasteiger partial charge in [-0.25, -0.2) is 9.97 Å². The van der Waals surface area contributed by atoms with Gasteiger partial charge in [-0.1, -0.05) is 6.42 Å². The second kappa shape index (κ2) is 9.83. The van der Waals surface area contributed by atoms with E-state index in [2.05, 4.69) is 35.8 Å². The lowest BCUT2D eigenvalue weighted by Crippen LogP contribution is -2.55. The Balaban J connectivity index is 1.11. The van der Waals surface area contributed by atoms with Gasteiger partial charge in [-0.2, -0.15) is 0 Å². The van der Waals surface area contributed by atoms with Crippen molar-refractivity contribution >= 4 is 18.1 Å². The lowest BCUT2D eigenvalue weighted by atomic mass is 9.91. The molecule has 5 rings (SSSR count). The Hall–Kier alpha value is -2.06. The molecule has 4 aliphatic rings. The number of anilines is 1. The normalized spacial score (nSPS) is 24.0. The number of hydrogen-bond donors (Lipinski definition) is 0. The van der Waals surface area contributed by atoms with E-state index in [0.29, 0.717) is 12.5 Å². The standard InChI is InChI=1S/C24H37N7O/c1-25-15-19-5-9-31(10-6-19)24-26-16-20-17-28(8-7-22(20)27-24)18-23(32)30-13-11-29(12-14-30)21-3-2-4-21/h15-16,19,21H,2-14,17-18H2,1H3. The van der Waals surface area contributed by atoms with E-state index in [-0.39, 0.29) is 5.91 Å². The first-order valence-corrected chi connectivity index (χ1v) is 12.5. The zero-order valence-corrected chi connectivity index (χ0v) is 19.5. The maximum absolute atomic E-state index is 12.9. The Morgan fingerprint density at radius 1 is 1.09 bits per heavy atom. The minimum absolute atomic E-state index is 0.276. The van der Waals surface area contributed by atoms with E-state index in [4.69, 9.17) is 4.98 Å². The van der Waals surface area contributed by atoms with Crippen LogP contribution in [-0.2, 0) is 17.8 Å². The highest BCUT2D eigenvalue weighted by molar-refractivity contribution is 5.78. The maximum atomic E-state index is 12.9. The van der Waals surface area contributed by atoms with Gasteiger partial charge in [-0.15, -0.1) is 0 Å². The molecule has 32 heavy (non-hydrogen) atoms. The number of nitrogens with zero attached hydrogens (tertiary/aromatic N) is 7. The summed E-state index contributed by atoms with van der Waals surface area (Å²) >= 11 is 0. The van der Waals surface area contributed by atoms with E-state index >= 15 is 0 Å². The molecule has 1 saturated carbocycles. The Bertz CT molecular complexity index is 824. The first kappa shape index (κ1) is 21.8. The highest BCUT2D eigenvalue weighted by Gasteiger charge is 2.30. The van der Waals surface area contributed by atoms with Crippen molar-refractivity contribution in [3.63, 3.8) is 0 Å². The largest absolute Gasteiger partial charge is 0.341 e. The van der Waals surface area contributed by atoms with Gasteiger partial charge in [0.05, 0.1) is 12.2 Å². The second-order valence-corrected chi connectivity index (χ2v) is 9.84. The van der Waals surface area contributed by atoms with Crippen LogP contribution in [0.15, 0.2) is 11.2 Å². The van der Waals surface area contributed by atoms with Crippen molar-refractivity contribution in [3.05, 3.63) is 17.5 Å². The van der Waals surface area contributed by atoms with Crippen LogP contribution in [-0.4, -0.2) is 102 Å². The van der Waals surface area contributed by atoms with Crippen LogP contribution < -0.4 is 4.90 Å². The van der Waals surface area contributed by atoms with Gasteiger partial charge in [0.1, 0.15) is 0 Å². The highest BCUT2D eigenvalue weighted by atomic mass is 16.2. The Morgan fingerprint density at radius 2 is 1.88 bits per heavy atom. The average Bonchev–Trinajstić information content (AvgIpc) is 2.79. The number of aromatic nitrogens is 2. The summed E-state index contributed by atoms with van der Waals surface area (Å²) in [7, 11) is 1.85. The predicted octanol–water partition coefficient (Wildman–Crippen LogP) is 1.45. The third kappa shape index (κ3) is 4.81. The molecule has 0 spiro atoms. The molecule has 3 aliphatic heterocycles. The van der Waals surface area contributed by atoms with Crippen molar-refractivity contribution in [1.82, 2.24) is 24.7 Å². The number of carbonyl (C=O) groups is 1. The molecule has 0 atom stereocenters. The Morgan fingerprint density at radius 3 is 2.56 bits per heavy atom. The SMILES string of the molecule is CN=CC1CCN(c2ncc3c(n2)CCN(CC(=O)N2CCN(C4CCC4)CC2)C3)CC1. The number of carbonyl (C=O) groups excluding carboxylic acids is 1. The van der Waals surface area contributed by atoms with Gasteiger partial charge in [0.25, 0.3) is 0 Å². The average molecular weight is 440 g/mol. The molecular formula is C24H37N7O. The first-order chi connectivity index (χ1) is 15.7. The molecular weight excluding hydrogens is 402 g/mol. The van der Waals surface area contributed by atoms with E-state index in [1.54, 1.807) is 0 Å². The fourth-order valence-corrected chi connectivity index (χ4v) is 5.49. The van der Waals surface area contributed by atoms with Gasteiger partial charge in [0, 0.05) is 89.8 Å². The summed E-state index contributed by atoms with van der Waals surface area (Å²) in [6.45, 7) is 8.01. The Kier molecular flexibility index (Phi) is 6.69. The Labute approximate surface area is 191 Å². The summed E-state index contributed by atoms with van der Waals surface area (Å²) in [5.41, 5.74) is 2.33. The van der Waals surface area contributed by atoms with Crippen LogP contribution in [0.4, 0.5) is 5.95 Å². The van der Waals surface area contributed by atoms with E-state index in [9.17, 15) is 4.79 Å². The molecule has 1 aromatic heterocycles. The molecule has 2 saturated heterocycles. The molecule has 1 aliphatic carbocycles. The van der Waals surface area contributed by atoms with Crippen LogP contribution in [0.5, 0.6) is 0 Å². The predicted molar refractivity (Wildman–Crippen MR) is 126 cm³/mol. The van der Waals surface area contributed by atoms with Gasteiger partial charge in [-0.3, -0.25) is 14.6 Å². The van der Waals surface area contributed by atoms with Crippen LogP contribution in [0.25, 0.3) is 0 Å². The van der Waals surface area contributed by atoms with Gasteiger partial charge in [0.2, 0.25) is 11.9 Å². The lowest BCUT2D eigenvalue weighted by Gasteiger charge is -2.43. The summed E-state index contributed by atoms with van der Waals surface area (Å²) in [5.74, 6) is 1.73. The summed E-state index contributed by atoms with van der Waals surface area (Å²) in [5, 5.41) is 0. The van der Waals surface area contributed by atoms with Gasteiger partial charge in [0.15, 0.2) is 0 Å². The molecule has 0 radical (unpaired) electrons. The third-order valence-corrected chi connectivity index (χ3v) is 7.80. The van der Waals surface area contributed by atoms with Crippen molar-refractivity contribution < 1.29 is 4.79 Å². The minimum atomic E-state index is 0.276. The highest BCUT2D eigenvalue weighted by Crippen LogP contribution is 2.26. The summed E-state index contributed by atoms with van der Waals surface area (Å²) in [6, 6.07) is 0.785. The second-order valence-electron chi connectivity index (χ2n) is 9.84. The van der Waals surface area contributed by atoms with Gasteiger partial charge < -0.3 is 14.8 Å². The molecule has 0 N–H and O–H groups in total. The van der Waals surface area contributed by atoms with E-state index in [1.807, 2.05) is 13.2 Å². The fraction of sp³-hybridized carbons (Fsp3) is 0.750. The van der Waals surface area contributed by atoms with Crippen molar-refractivity contribution in [3.8, 4) is 0 Å². The van der Waals surface area contributed by atoms with Crippen LogP contribution in [0.2, 0.25) is 0 Å². The number of aliphatic imine (C=N–C) groups is 1. The summed E-state index contributed by atoms with van der Waals surface area (Å²) < 4.78 is 0. The summed E-state index contributed by atoms with van der Waals surface area (Å²) in [4.78, 5) is 35.9. The van der Waals surface area contributed by atoms with Gasteiger partial charge >= 0.3 is 0 Å². The number of piperazine rings is 1. The smallest absolute Gasteiger partial charge is 0.236 e. The molecule has 3 fully saturated rings. The molecule has 0 unspecified atom stereocenters. The zero-order valence-electron chi connectivity index (χ0n) is 19.5. The van der Waals surface area contributed by atoms with E-state index in [1.165, 1.54) is 24.8 Å². The molecule has 8 nitrogen and oxygen atoms in total. The van der Waals surface area contributed by atoms with Gasteiger partial charge in [-0.05, 0) is 31.6 Å². The van der Waals surface area contributed by atoms with E-state index < -0.39 is 0 Å².